The topological polar surface area (TPSA) is 47.8 Å². The molecule has 0 saturated heterocycles. The van der Waals surface area contributed by atoms with Crippen LogP contribution in [0.5, 0.6) is 0 Å². The molecule has 0 aliphatic carbocycles. The first-order chi connectivity index (χ1) is 13.2. The second-order valence-electron chi connectivity index (χ2n) is 6.13. The summed E-state index contributed by atoms with van der Waals surface area (Å²) in [5, 5.41) is 10.1. The van der Waals surface area contributed by atoms with Crippen LogP contribution in [0.15, 0.2) is 95.6 Å². The Kier molecular flexibility index (Phi) is 5.06. The van der Waals surface area contributed by atoms with Crippen LogP contribution in [0, 0.1) is 0 Å². The highest BCUT2D eigenvalue weighted by Crippen LogP contribution is 2.43. The number of benzene rings is 3. The first-order valence-corrected chi connectivity index (χ1v) is 11.0. The maximum Gasteiger partial charge on any atom is 0.193 e. The second kappa shape index (κ2) is 7.63. The van der Waals surface area contributed by atoms with Crippen LogP contribution in [-0.4, -0.2) is 15.0 Å². The van der Waals surface area contributed by atoms with E-state index in [1.165, 1.54) is 0 Å². The van der Waals surface area contributed by atoms with Gasteiger partial charge in [0.15, 0.2) is 12.6 Å². The fraction of sp³-hybridized carbons (Fsp3) is 0.0476. The van der Waals surface area contributed by atoms with Gasteiger partial charge in [0.25, 0.3) is 0 Å². The fourth-order valence-corrected chi connectivity index (χ4v) is 6.55. The van der Waals surface area contributed by atoms with Gasteiger partial charge < -0.3 is 4.57 Å². The van der Waals surface area contributed by atoms with Crippen molar-refractivity contribution in [3.63, 3.8) is 0 Å². The molecule has 0 fully saturated rings. The maximum atomic E-state index is 14.4. The van der Waals surface area contributed by atoms with Gasteiger partial charge in [0, 0.05) is 10.6 Å². The molecule has 4 nitrogen and oxygen atoms in total. The maximum absolute atomic E-state index is 14.4. The second-order valence-corrected chi connectivity index (χ2v) is 9.55. The number of halogens is 1. The van der Waals surface area contributed by atoms with Gasteiger partial charge in [-0.15, -0.1) is 5.10 Å². The van der Waals surface area contributed by atoms with Crippen molar-refractivity contribution in [1.29, 1.82) is 0 Å². The molecule has 4 rings (SSSR count). The average Bonchev–Trinajstić information content (AvgIpc) is 3.10. The van der Waals surface area contributed by atoms with Crippen molar-refractivity contribution in [2.75, 3.05) is 0 Å². The van der Waals surface area contributed by atoms with Gasteiger partial charge in [0.1, 0.15) is 4.60 Å². The van der Waals surface area contributed by atoms with Gasteiger partial charge in [-0.2, -0.15) is 0 Å². The van der Waals surface area contributed by atoms with Crippen LogP contribution >= 0.6 is 23.1 Å². The van der Waals surface area contributed by atoms with Crippen molar-refractivity contribution in [2.24, 2.45) is 0 Å². The molecule has 1 aromatic heterocycles. The molecular weight excluding hydrogens is 421 g/mol. The van der Waals surface area contributed by atoms with E-state index in [0.29, 0.717) is 16.6 Å². The molecule has 0 amide bonds. The first-order valence-electron chi connectivity index (χ1n) is 8.54. The Hall–Kier alpha value is -2.49. The quantitative estimate of drug-likeness (QED) is 0.447. The summed E-state index contributed by atoms with van der Waals surface area (Å²) in [7, 11) is -3.14. The van der Waals surface area contributed by atoms with E-state index in [4.69, 9.17) is 0 Å². The summed E-state index contributed by atoms with van der Waals surface area (Å²) in [5.41, 5.74) is 1.57. The molecule has 6 heteroatoms. The molecule has 0 bridgehead atoms. The monoisotopic (exact) mass is 437 g/mol. The minimum Gasteiger partial charge on any atom is -0.307 e. The molecule has 0 N–H and O–H groups in total. The normalized spacial score (nSPS) is 11.4. The van der Waals surface area contributed by atoms with Gasteiger partial charge in [-0.3, -0.25) is 0 Å². The molecular formula is C21H17BrN3OP. The van der Waals surface area contributed by atoms with Gasteiger partial charge in [-0.05, 0) is 21.5 Å². The van der Waals surface area contributed by atoms with E-state index in [2.05, 4.69) is 26.2 Å². The molecule has 4 aromatic rings. The van der Waals surface area contributed by atoms with Gasteiger partial charge in [0.2, 0.25) is 0 Å². The standard InChI is InChI=1S/C21H17BrN3OP/c22-20-21(23-24-25(20)16-17-10-4-1-5-11-17)27(26,18-12-6-2-7-13-18)19-14-8-3-9-15-19/h1-15H,16H2. The van der Waals surface area contributed by atoms with Gasteiger partial charge in [-0.1, -0.05) is 96.2 Å². The lowest BCUT2D eigenvalue weighted by molar-refractivity contribution is 0.592. The smallest absolute Gasteiger partial charge is 0.193 e. The molecule has 0 radical (unpaired) electrons. The molecule has 3 aromatic carbocycles. The number of rotatable bonds is 5. The largest absolute Gasteiger partial charge is 0.307 e. The lowest BCUT2D eigenvalue weighted by atomic mass is 10.2. The van der Waals surface area contributed by atoms with Crippen LogP contribution in [-0.2, 0) is 11.1 Å². The van der Waals surface area contributed by atoms with Crippen LogP contribution in [0.1, 0.15) is 5.56 Å². The number of hydrogen-bond donors (Lipinski definition) is 0. The van der Waals surface area contributed by atoms with Crippen molar-refractivity contribution in [3.8, 4) is 0 Å². The summed E-state index contributed by atoms with van der Waals surface area (Å²) in [6.45, 7) is 0.554. The number of aromatic nitrogens is 3. The molecule has 0 aliphatic rings. The predicted molar refractivity (Wildman–Crippen MR) is 113 cm³/mol. The zero-order valence-corrected chi connectivity index (χ0v) is 16.9. The minimum absolute atomic E-state index is 0.468. The Balaban J connectivity index is 1.84. The van der Waals surface area contributed by atoms with Crippen molar-refractivity contribution in [2.45, 2.75) is 6.54 Å². The van der Waals surface area contributed by atoms with E-state index in [1.807, 2.05) is 91.0 Å². The third-order valence-corrected chi connectivity index (χ3v) is 8.41. The SMILES string of the molecule is O=P(c1ccccc1)(c1ccccc1)c1nnn(Cc2ccccc2)c1Br. The molecule has 27 heavy (non-hydrogen) atoms. The molecule has 0 spiro atoms. The summed E-state index contributed by atoms with van der Waals surface area (Å²) in [6, 6.07) is 29.0. The summed E-state index contributed by atoms with van der Waals surface area (Å²) < 4.78 is 16.7. The fourth-order valence-electron chi connectivity index (χ4n) is 3.01. The third kappa shape index (κ3) is 3.41. The Labute approximate surface area is 166 Å². The molecule has 1 heterocycles. The van der Waals surface area contributed by atoms with E-state index < -0.39 is 7.14 Å². The molecule has 134 valence electrons. The third-order valence-electron chi connectivity index (χ3n) is 4.37. The molecule has 0 unspecified atom stereocenters. The number of hydrogen-bond acceptors (Lipinski definition) is 3. The minimum atomic E-state index is -3.14. The highest BCUT2D eigenvalue weighted by Gasteiger charge is 2.35. The highest BCUT2D eigenvalue weighted by atomic mass is 79.9. The van der Waals surface area contributed by atoms with Crippen LogP contribution in [0.2, 0.25) is 0 Å². The van der Waals surface area contributed by atoms with E-state index >= 15 is 0 Å². The van der Waals surface area contributed by atoms with Gasteiger partial charge >= 0.3 is 0 Å². The lowest BCUT2D eigenvalue weighted by Gasteiger charge is -2.17. The molecule has 0 saturated carbocycles. The van der Waals surface area contributed by atoms with E-state index in [9.17, 15) is 4.57 Å². The zero-order valence-electron chi connectivity index (χ0n) is 14.4. The van der Waals surface area contributed by atoms with Crippen molar-refractivity contribution in [3.05, 3.63) is 101 Å². The Morgan fingerprint density at radius 1 is 0.778 bits per heavy atom. The van der Waals surface area contributed by atoms with Crippen LogP contribution < -0.4 is 16.0 Å². The summed E-state index contributed by atoms with van der Waals surface area (Å²) in [4.78, 5) is 0. The van der Waals surface area contributed by atoms with E-state index in [1.54, 1.807) is 4.68 Å². The molecule has 0 atom stereocenters. The summed E-state index contributed by atoms with van der Waals surface area (Å²) in [6.07, 6.45) is 0. The van der Waals surface area contributed by atoms with Gasteiger partial charge in [-0.25, -0.2) is 4.68 Å². The summed E-state index contributed by atoms with van der Waals surface area (Å²) in [5.74, 6) is 0. The van der Waals surface area contributed by atoms with Gasteiger partial charge in [0.05, 0.1) is 6.54 Å². The predicted octanol–water partition coefficient (Wildman–Crippen LogP) is 3.73. The highest BCUT2D eigenvalue weighted by molar-refractivity contribution is 9.10. The zero-order chi connectivity index (χ0) is 18.7. The van der Waals surface area contributed by atoms with E-state index in [0.717, 1.165) is 16.2 Å². The van der Waals surface area contributed by atoms with Crippen molar-refractivity contribution >= 4 is 39.1 Å². The molecule has 0 aliphatic heterocycles. The Morgan fingerprint density at radius 3 is 1.78 bits per heavy atom. The van der Waals surface area contributed by atoms with Crippen molar-refractivity contribution < 1.29 is 4.57 Å². The van der Waals surface area contributed by atoms with E-state index in [-0.39, 0.29) is 0 Å². The first kappa shape index (κ1) is 17.9. The van der Waals surface area contributed by atoms with Crippen LogP contribution in [0.25, 0.3) is 0 Å². The Morgan fingerprint density at radius 2 is 1.26 bits per heavy atom. The average molecular weight is 438 g/mol. The number of nitrogens with zero attached hydrogens (tertiary/aromatic N) is 3. The lowest BCUT2D eigenvalue weighted by Crippen LogP contribution is -2.26. The van der Waals surface area contributed by atoms with Crippen molar-refractivity contribution in [1.82, 2.24) is 15.0 Å². The van der Waals surface area contributed by atoms with Crippen LogP contribution in [0.3, 0.4) is 0 Å². The van der Waals surface area contributed by atoms with Crippen LogP contribution in [0.4, 0.5) is 0 Å². The Bertz CT molecular complexity index is 1040. The summed E-state index contributed by atoms with van der Waals surface area (Å²) >= 11 is 3.60.